The normalized spacial score (nSPS) is 9.88. The number of rotatable bonds is 4. The molecule has 0 aliphatic rings. The van der Waals surface area contributed by atoms with Gasteiger partial charge in [0.25, 0.3) is 0 Å². The fourth-order valence-corrected chi connectivity index (χ4v) is 2.13. The number of aryl methyl sites for hydroxylation is 1. The minimum Gasteiger partial charge on any atom is -0.495 e. The lowest BCUT2D eigenvalue weighted by Crippen LogP contribution is -2.29. The van der Waals surface area contributed by atoms with Gasteiger partial charge in [0.1, 0.15) is 5.75 Å². The van der Waals surface area contributed by atoms with Crippen LogP contribution in [0.15, 0.2) is 42.5 Å². The number of esters is 1. The van der Waals surface area contributed by atoms with Crippen molar-refractivity contribution in [1.82, 2.24) is 0 Å². The zero-order valence-corrected chi connectivity index (χ0v) is 14.1. The number of amides is 2. The Balaban J connectivity index is 2.10. The minimum atomic E-state index is -0.870. The molecule has 0 saturated carbocycles. The predicted octanol–water partition coefficient (Wildman–Crippen LogP) is 2.37. The van der Waals surface area contributed by atoms with E-state index in [1.54, 1.807) is 30.3 Å². The minimum absolute atomic E-state index is 0.265. The van der Waals surface area contributed by atoms with E-state index in [0.29, 0.717) is 17.1 Å². The van der Waals surface area contributed by atoms with Gasteiger partial charge in [-0.25, -0.2) is 4.79 Å². The molecule has 0 saturated heterocycles. The van der Waals surface area contributed by atoms with Gasteiger partial charge < -0.3 is 20.1 Å². The summed E-state index contributed by atoms with van der Waals surface area (Å²) in [7, 11) is 2.73. The third kappa shape index (κ3) is 4.57. The second-order valence-electron chi connectivity index (χ2n) is 5.18. The highest BCUT2D eigenvalue weighted by Crippen LogP contribution is 2.25. The Morgan fingerprint density at radius 3 is 2.32 bits per heavy atom. The van der Waals surface area contributed by atoms with Gasteiger partial charge in [-0.2, -0.15) is 0 Å². The Bertz CT molecular complexity index is 817. The van der Waals surface area contributed by atoms with Crippen LogP contribution < -0.4 is 15.4 Å². The maximum absolute atomic E-state index is 12.1. The number of hydrogen-bond donors (Lipinski definition) is 2. The summed E-state index contributed by atoms with van der Waals surface area (Å²) in [6, 6.07) is 11.3. The SMILES string of the molecule is COC(=O)c1cccc(NC(=O)C(=O)Nc2cc(C)ccc2OC)c1. The van der Waals surface area contributed by atoms with Crippen molar-refractivity contribution in [3.63, 3.8) is 0 Å². The lowest BCUT2D eigenvalue weighted by Gasteiger charge is -2.11. The van der Waals surface area contributed by atoms with Gasteiger partial charge in [-0.05, 0) is 42.8 Å². The predicted molar refractivity (Wildman–Crippen MR) is 92.8 cm³/mol. The van der Waals surface area contributed by atoms with E-state index in [1.165, 1.54) is 20.3 Å². The number of methoxy groups -OCH3 is 2. The van der Waals surface area contributed by atoms with E-state index in [2.05, 4.69) is 15.4 Å². The molecule has 0 fully saturated rings. The molecule has 0 aliphatic heterocycles. The van der Waals surface area contributed by atoms with Crippen molar-refractivity contribution >= 4 is 29.2 Å². The molecular formula is C18H18N2O5. The molecule has 130 valence electrons. The van der Waals surface area contributed by atoms with E-state index < -0.39 is 17.8 Å². The average molecular weight is 342 g/mol. The van der Waals surface area contributed by atoms with Crippen LogP contribution >= 0.6 is 0 Å². The summed E-state index contributed by atoms with van der Waals surface area (Å²) in [4.78, 5) is 35.7. The van der Waals surface area contributed by atoms with Crippen LogP contribution in [0.25, 0.3) is 0 Å². The summed E-state index contributed by atoms with van der Waals surface area (Å²) in [5.74, 6) is -1.82. The highest BCUT2D eigenvalue weighted by Gasteiger charge is 2.17. The third-order valence-electron chi connectivity index (χ3n) is 3.35. The molecule has 7 nitrogen and oxygen atoms in total. The van der Waals surface area contributed by atoms with Crippen LogP contribution in [0, 0.1) is 6.92 Å². The molecule has 0 unspecified atom stereocenters. The molecule has 0 aliphatic carbocycles. The molecular weight excluding hydrogens is 324 g/mol. The molecule has 0 atom stereocenters. The number of carbonyl (C=O) groups is 3. The second kappa shape index (κ2) is 7.96. The lowest BCUT2D eigenvalue weighted by atomic mass is 10.2. The van der Waals surface area contributed by atoms with E-state index in [1.807, 2.05) is 13.0 Å². The first-order valence-corrected chi connectivity index (χ1v) is 7.40. The molecule has 0 bridgehead atoms. The van der Waals surface area contributed by atoms with Gasteiger partial charge in [-0.15, -0.1) is 0 Å². The fraction of sp³-hybridized carbons (Fsp3) is 0.167. The summed E-state index contributed by atoms with van der Waals surface area (Å²) < 4.78 is 9.77. The largest absolute Gasteiger partial charge is 0.495 e. The van der Waals surface area contributed by atoms with Crippen LogP contribution in [-0.4, -0.2) is 32.0 Å². The Morgan fingerprint density at radius 2 is 1.64 bits per heavy atom. The third-order valence-corrected chi connectivity index (χ3v) is 3.35. The molecule has 2 amide bonds. The van der Waals surface area contributed by atoms with Crippen molar-refractivity contribution < 1.29 is 23.9 Å². The van der Waals surface area contributed by atoms with Crippen LogP contribution in [-0.2, 0) is 14.3 Å². The Morgan fingerprint density at radius 1 is 0.920 bits per heavy atom. The Kier molecular flexibility index (Phi) is 5.73. The highest BCUT2D eigenvalue weighted by atomic mass is 16.5. The summed E-state index contributed by atoms with van der Waals surface area (Å²) in [5.41, 5.74) is 1.87. The van der Waals surface area contributed by atoms with Gasteiger partial charge >= 0.3 is 17.8 Å². The number of ether oxygens (including phenoxy) is 2. The fourth-order valence-electron chi connectivity index (χ4n) is 2.13. The van der Waals surface area contributed by atoms with Gasteiger partial charge in [0.05, 0.1) is 25.5 Å². The molecule has 0 heterocycles. The van der Waals surface area contributed by atoms with E-state index >= 15 is 0 Å². The molecule has 0 aromatic heterocycles. The first-order chi connectivity index (χ1) is 11.9. The van der Waals surface area contributed by atoms with Gasteiger partial charge in [-0.3, -0.25) is 9.59 Å². The lowest BCUT2D eigenvalue weighted by molar-refractivity contribution is -0.133. The van der Waals surface area contributed by atoms with Crippen LogP contribution in [0.3, 0.4) is 0 Å². The average Bonchev–Trinajstić information content (AvgIpc) is 2.61. The zero-order chi connectivity index (χ0) is 18.4. The Labute approximate surface area is 144 Å². The zero-order valence-electron chi connectivity index (χ0n) is 14.1. The number of nitrogens with one attached hydrogen (secondary N) is 2. The van der Waals surface area contributed by atoms with Crippen LogP contribution in [0.2, 0.25) is 0 Å². The number of anilines is 2. The first-order valence-electron chi connectivity index (χ1n) is 7.40. The molecule has 7 heteroatoms. The molecule has 2 aromatic carbocycles. The monoisotopic (exact) mass is 342 g/mol. The van der Waals surface area contributed by atoms with Crippen molar-refractivity contribution in [1.29, 1.82) is 0 Å². The smallest absolute Gasteiger partial charge is 0.337 e. The van der Waals surface area contributed by atoms with E-state index in [4.69, 9.17) is 4.74 Å². The van der Waals surface area contributed by atoms with Gasteiger partial charge in [0, 0.05) is 5.69 Å². The number of benzene rings is 2. The molecule has 0 radical (unpaired) electrons. The van der Waals surface area contributed by atoms with Crippen molar-refractivity contribution in [3.05, 3.63) is 53.6 Å². The van der Waals surface area contributed by atoms with Crippen LogP contribution in [0.5, 0.6) is 5.75 Å². The maximum Gasteiger partial charge on any atom is 0.337 e. The molecule has 2 rings (SSSR count). The summed E-state index contributed by atoms with van der Waals surface area (Å²) >= 11 is 0. The van der Waals surface area contributed by atoms with Gasteiger partial charge in [-0.1, -0.05) is 12.1 Å². The second-order valence-corrected chi connectivity index (χ2v) is 5.18. The molecule has 0 spiro atoms. The van der Waals surface area contributed by atoms with Gasteiger partial charge in [0.2, 0.25) is 0 Å². The molecule has 2 N–H and O–H groups in total. The van der Waals surface area contributed by atoms with Crippen molar-refractivity contribution in [2.24, 2.45) is 0 Å². The van der Waals surface area contributed by atoms with E-state index in [-0.39, 0.29) is 5.56 Å². The molecule has 25 heavy (non-hydrogen) atoms. The summed E-state index contributed by atoms with van der Waals surface area (Å²) in [6.07, 6.45) is 0. The maximum atomic E-state index is 12.1. The van der Waals surface area contributed by atoms with Crippen LogP contribution in [0.4, 0.5) is 11.4 Å². The van der Waals surface area contributed by atoms with Crippen LogP contribution in [0.1, 0.15) is 15.9 Å². The summed E-state index contributed by atoms with van der Waals surface area (Å²) in [6.45, 7) is 1.85. The quantitative estimate of drug-likeness (QED) is 0.657. The highest BCUT2D eigenvalue weighted by molar-refractivity contribution is 6.43. The van der Waals surface area contributed by atoms with E-state index in [9.17, 15) is 14.4 Å². The standard InChI is InChI=1S/C18H18N2O5/c1-11-7-8-15(24-2)14(9-11)20-17(22)16(21)19-13-6-4-5-12(10-13)18(23)25-3/h4-10H,1-3H3,(H,19,21)(H,20,22). The van der Waals surface area contributed by atoms with Crippen molar-refractivity contribution in [2.75, 3.05) is 24.9 Å². The van der Waals surface area contributed by atoms with Crippen molar-refractivity contribution in [2.45, 2.75) is 6.92 Å². The topological polar surface area (TPSA) is 93.7 Å². The first kappa shape index (κ1) is 18.0. The van der Waals surface area contributed by atoms with Crippen molar-refractivity contribution in [3.8, 4) is 5.75 Å². The van der Waals surface area contributed by atoms with E-state index in [0.717, 1.165) is 5.56 Å². The Hall–Kier alpha value is -3.35. The number of carbonyl (C=O) groups excluding carboxylic acids is 3. The van der Waals surface area contributed by atoms with Gasteiger partial charge in [0.15, 0.2) is 0 Å². The molecule has 2 aromatic rings. The summed E-state index contributed by atoms with van der Waals surface area (Å²) in [5, 5.41) is 4.94. The number of hydrogen-bond acceptors (Lipinski definition) is 5.